The smallest absolute Gasteiger partial charge is 0.256 e. The van der Waals surface area contributed by atoms with E-state index in [1.54, 1.807) is 12.3 Å². The van der Waals surface area contributed by atoms with Gasteiger partial charge in [0.1, 0.15) is 11.9 Å². The first kappa shape index (κ1) is 11.2. The number of hydrogen-bond acceptors (Lipinski definition) is 6. The summed E-state index contributed by atoms with van der Waals surface area (Å²) in [6, 6.07) is 1.55. The highest BCUT2D eigenvalue weighted by atomic mass is 16.5. The van der Waals surface area contributed by atoms with Gasteiger partial charge < -0.3 is 14.4 Å². The molecule has 0 aliphatic carbocycles. The van der Waals surface area contributed by atoms with Crippen LogP contribution in [0.4, 0.5) is 0 Å². The topological polar surface area (TPSA) is 81.3 Å². The first-order valence-corrected chi connectivity index (χ1v) is 5.92. The van der Waals surface area contributed by atoms with Crippen molar-refractivity contribution in [2.24, 2.45) is 0 Å². The molecule has 0 amide bonds. The Balaban J connectivity index is 1.84. The van der Waals surface area contributed by atoms with Crippen LogP contribution in [0.1, 0.15) is 31.3 Å². The van der Waals surface area contributed by atoms with E-state index in [1.165, 1.54) is 6.20 Å². The van der Waals surface area contributed by atoms with Gasteiger partial charge in [0, 0.05) is 18.4 Å². The number of hydrogen-bond donors (Lipinski definition) is 1. The van der Waals surface area contributed by atoms with E-state index in [1.807, 2.05) is 0 Å². The lowest BCUT2D eigenvalue weighted by molar-refractivity contribution is -0.00459. The lowest BCUT2D eigenvalue weighted by Gasteiger charge is -2.18. The highest BCUT2D eigenvalue weighted by Crippen LogP contribution is 2.28. The summed E-state index contributed by atoms with van der Waals surface area (Å²) >= 11 is 0. The van der Waals surface area contributed by atoms with Crippen molar-refractivity contribution in [3.63, 3.8) is 0 Å². The van der Waals surface area contributed by atoms with Crippen LogP contribution in [-0.2, 0) is 4.74 Å². The van der Waals surface area contributed by atoms with Crippen LogP contribution in [0.5, 0.6) is 5.75 Å². The van der Waals surface area contributed by atoms with E-state index in [2.05, 4.69) is 15.1 Å². The fourth-order valence-electron chi connectivity index (χ4n) is 1.97. The fraction of sp³-hybridized carbons (Fsp3) is 0.417. The molecule has 0 radical (unpaired) electrons. The van der Waals surface area contributed by atoms with Crippen LogP contribution in [0.3, 0.4) is 0 Å². The van der Waals surface area contributed by atoms with Crippen LogP contribution >= 0.6 is 0 Å². The third kappa shape index (κ3) is 2.19. The van der Waals surface area contributed by atoms with E-state index in [9.17, 15) is 5.11 Å². The van der Waals surface area contributed by atoms with Crippen LogP contribution in [0.25, 0.3) is 11.4 Å². The average molecular weight is 247 g/mol. The van der Waals surface area contributed by atoms with Gasteiger partial charge >= 0.3 is 0 Å². The number of nitrogens with zero attached hydrogens (tertiary/aromatic N) is 3. The molecule has 1 aliphatic rings. The minimum absolute atomic E-state index is 0.0766. The Morgan fingerprint density at radius 1 is 1.28 bits per heavy atom. The van der Waals surface area contributed by atoms with E-state index in [4.69, 9.17) is 9.26 Å². The van der Waals surface area contributed by atoms with Gasteiger partial charge in [-0.05, 0) is 25.3 Å². The minimum Gasteiger partial charge on any atom is -0.506 e. The number of rotatable bonds is 2. The zero-order chi connectivity index (χ0) is 12.4. The summed E-state index contributed by atoms with van der Waals surface area (Å²) in [4.78, 5) is 8.17. The molecule has 1 atom stereocenters. The molecular formula is C12H13N3O3. The number of pyridine rings is 1. The first-order chi connectivity index (χ1) is 8.83. The second kappa shape index (κ2) is 4.73. The third-order valence-electron chi connectivity index (χ3n) is 2.88. The minimum atomic E-state index is -0.106. The molecule has 6 heteroatoms. The van der Waals surface area contributed by atoms with Gasteiger partial charge in [0.2, 0.25) is 5.82 Å². The standard InChI is InChI=1S/C12H13N3O3/c16-9-5-8(6-13-7-9)11-14-12(18-15-11)10-3-1-2-4-17-10/h5-7,10,16H,1-4H2. The van der Waals surface area contributed by atoms with Gasteiger partial charge in [0.05, 0.1) is 6.20 Å². The summed E-state index contributed by atoms with van der Waals surface area (Å²) in [5.41, 5.74) is 0.626. The van der Waals surface area contributed by atoms with E-state index in [0.29, 0.717) is 17.3 Å². The van der Waals surface area contributed by atoms with Crippen molar-refractivity contribution < 1.29 is 14.4 Å². The predicted molar refractivity (Wildman–Crippen MR) is 61.7 cm³/mol. The van der Waals surface area contributed by atoms with Crippen molar-refractivity contribution in [2.45, 2.75) is 25.4 Å². The molecule has 0 spiro atoms. The van der Waals surface area contributed by atoms with Crippen LogP contribution in [-0.4, -0.2) is 26.8 Å². The Morgan fingerprint density at radius 3 is 3.00 bits per heavy atom. The van der Waals surface area contributed by atoms with Gasteiger partial charge in [0.15, 0.2) is 0 Å². The maximum absolute atomic E-state index is 9.36. The van der Waals surface area contributed by atoms with Crippen LogP contribution in [0.15, 0.2) is 23.0 Å². The molecule has 1 fully saturated rings. The second-order valence-electron chi connectivity index (χ2n) is 4.24. The van der Waals surface area contributed by atoms with Gasteiger partial charge in [0.25, 0.3) is 5.89 Å². The van der Waals surface area contributed by atoms with Gasteiger partial charge in [-0.2, -0.15) is 4.98 Å². The summed E-state index contributed by atoms with van der Waals surface area (Å²) in [5.74, 6) is 0.989. The SMILES string of the molecule is Oc1cncc(-c2noc(C3CCCCO3)n2)c1. The summed E-state index contributed by atoms with van der Waals surface area (Å²) in [6.07, 6.45) is 5.92. The number of ether oxygens (including phenoxy) is 1. The van der Waals surface area contributed by atoms with Gasteiger partial charge in [-0.15, -0.1) is 0 Å². The Bertz CT molecular complexity index is 535. The monoisotopic (exact) mass is 247 g/mol. The maximum atomic E-state index is 9.36. The van der Waals surface area contributed by atoms with Gasteiger partial charge in [-0.3, -0.25) is 4.98 Å². The molecule has 18 heavy (non-hydrogen) atoms. The third-order valence-corrected chi connectivity index (χ3v) is 2.88. The Morgan fingerprint density at radius 2 is 2.22 bits per heavy atom. The molecule has 1 unspecified atom stereocenters. The molecule has 3 rings (SSSR count). The summed E-state index contributed by atoms with van der Waals surface area (Å²) in [5, 5.41) is 13.2. The van der Waals surface area contributed by atoms with Gasteiger partial charge in [-0.1, -0.05) is 5.16 Å². The fourth-order valence-corrected chi connectivity index (χ4v) is 1.97. The molecule has 1 N–H and O–H groups in total. The van der Waals surface area contributed by atoms with Crippen molar-refractivity contribution in [3.05, 3.63) is 24.4 Å². The molecule has 6 nitrogen and oxygen atoms in total. The summed E-state index contributed by atoms with van der Waals surface area (Å²) < 4.78 is 10.8. The quantitative estimate of drug-likeness (QED) is 0.874. The normalized spacial score (nSPS) is 19.9. The van der Waals surface area contributed by atoms with Crippen molar-refractivity contribution in [3.8, 4) is 17.1 Å². The largest absolute Gasteiger partial charge is 0.506 e. The maximum Gasteiger partial charge on any atom is 0.256 e. The molecule has 3 heterocycles. The van der Waals surface area contributed by atoms with Crippen molar-refractivity contribution >= 4 is 0 Å². The lowest BCUT2D eigenvalue weighted by Crippen LogP contribution is -2.11. The molecule has 0 saturated carbocycles. The predicted octanol–water partition coefficient (Wildman–Crippen LogP) is 2.08. The zero-order valence-electron chi connectivity index (χ0n) is 9.74. The van der Waals surface area contributed by atoms with E-state index >= 15 is 0 Å². The van der Waals surface area contributed by atoms with Gasteiger partial charge in [-0.25, -0.2) is 0 Å². The molecule has 94 valence electrons. The Labute approximate surface area is 104 Å². The average Bonchev–Trinajstić information content (AvgIpc) is 2.89. The molecule has 0 bridgehead atoms. The van der Waals surface area contributed by atoms with E-state index in [-0.39, 0.29) is 11.9 Å². The van der Waals surface area contributed by atoms with Crippen LogP contribution in [0, 0.1) is 0 Å². The first-order valence-electron chi connectivity index (χ1n) is 5.92. The van der Waals surface area contributed by atoms with Crippen LogP contribution < -0.4 is 0 Å². The summed E-state index contributed by atoms with van der Waals surface area (Å²) in [7, 11) is 0. The Kier molecular flexibility index (Phi) is 2.93. The van der Waals surface area contributed by atoms with Crippen LogP contribution in [0.2, 0.25) is 0 Å². The molecular weight excluding hydrogens is 234 g/mol. The number of aromatic hydroxyl groups is 1. The second-order valence-corrected chi connectivity index (χ2v) is 4.24. The van der Waals surface area contributed by atoms with E-state index in [0.717, 1.165) is 25.9 Å². The molecule has 1 saturated heterocycles. The molecule has 2 aromatic rings. The highest BCUT2D eigenvalue weighted by Gasteiger charge is 2.22. The van der Waals surface area contributed by atoms with Crippen molar-refractivity contribution in [1.29, 1.82) is 0 Å². The molecule has 1 aliphatic heterocycles. The molecule has 0 aromatic carbocycles. The highest BCUT2D eigenvalue weighted by molar-refractivity contribution is 5.54. The zero-order valence-corrected chi connectivity index (χ0v) is 9.74. The van der Waals surface area contributed by atoms with Crippen molar-refractivity contribution in [1.82, 2.24) is 15.1 Å². The number of aromatic nitrogens is 3. The van der Waals surface area contributed by atoms with E-state index < -0.39 is 0 Å². The Hall–Kier alpha value is -1.95. The van der Waals surface area contributed by atoms with Crippen molar-refractivity contribution in [2.75, 3.05) is 6.61 Å². The lowest BCUT2D eigenvalue weighted by atomic mass is 10.1. The molecule has 2 aromatic heterocycles. The summed E-state index contributed by atoms with van der Waals surface area (Å²) in [6.45, 7) is 0.732.